The number of carbonyl (C=O) groups is 2. The van der Waals surface area contributed by atoms with Crippen LogP contribution in [0, 0.1) is 5.92 Å². The van der Waals surface area contributed by atoms with Crippen LogP contribution in [-0.4, -0.2) is 44.4 Å². The molecule has 5 nitrogen and oxygen atoms in total. The van der Waals surface area contributed by atoms with Crippen LogP contribution in [0.2, 0.25) is 5.02 Å². The van der Waals surface area contributed by atoms with E-state index in [4.69, 9.17) is 25.8 Å². The lowest BCUT2D eigenvalue weighted by atomic mass is 10.0. The third kappa shape index (κ3) is 9.87. The number of ketones is 1. The van der Waals surface area contributed by atoms with Gasteiger partial charge in [0.1, 0.15) is 5.75 Å². The van der Waals surface area contributed by atoms with Crippen molar-refractivity contribution < 1.29 is 23.8 Å². The highest BCUT2D eigenvalue weighted by atomic mass is 35.5. The topological polar surface area (TPSA) is 61.8 Å². The summed E-state index contributed by atoms with van der Waals surface area (Å²) in [4.78, 5) is 24.8. The van der Waals surface area contributed by atoms with Crippen LogP contribution in [0.5, 0.6) is 5.75 Å². The second-order valence-electron chi connectivity index (χ2n) is 6.87. The molecule has 7 heteroatoms. The molecule has 0 radical (unpaired) electrons. The van der Waals surface area contributed by atoms with Crippen molar-refractivity contribution in [1.29, 1.82) is 0 Å². The molecule has 0 heterocycles. The number of thioether (sulfide) groups is 1. The lowest BCUT2D eigenvalue weighted by Gasteiger charge is -2.14. The molecule has 1 unspecified atom stereocenters. The van der Waals surface area contributed by atoms with Gasteiger partial charge in [-0.15, -0.1) is 11.8 Å². The summed E-state index contributed by atoms with van der Waals surface area (Å²) in [7, 11) is 1.64. The van der Waals surface area contributed by atoms with Gasteiger partial charge in [0.2, 0.25) is 0 Å². The molecule has 0 saturated heterocycles. The molecular formula is C22H33ClO5S. The first-order chi connectivity index (χ1) is 13.9. The Bertz CT molecular complexity index is 650. The fourth-order valence-electron chi connectivity index (χ4n) is 2.77. The molecule has 0 bridgehead atoms. The number of halogens is 1. The van der Waals surface area contributed by atoms with Crippen LogP contribution < -0.4 is 4.74 Å². The number of rotatable bonds is 15. The minimum atomic E-state index is -0.207. The molecule has 0 saturated carbocycles. The lowest BCUT2D eigenvalue weighted by molar-refractivity contribution is -0.144. The smallest absolute Gasteiger partial charge is 0.306 e. The molecule has 164 valence electrons. The zero-order valence-electron chi connectivity index (χ0n) is 17.9. The van der Waals surface area contributed by atoms with E-state index in [0.29, 0.717) is 47.8 Å². The van der Waals surface area contributed by atoms with Gasteiger partial charge < -0.3 is 14.2 Å². The number of methoxy groups -OCH3 is 1. The van der Waals surface area contributed by atoms with Crippen molar-refractivity contribution in [2.75, 3.05) is 32.7 Å². The first kappa shape index (κ1) is 25.8. The van der Waals surface area contributed by atoms with Gasteiger partial charge in [-0.25, -0.2) is 0 Å². The maximum absolute atomic E-state index is 12.0. The highest BCUT2D eigenvalue weighted by molar-refractivity contribution is 7.99. The summed E-state index contributed by atoms with van der Waals surface area (Å²) >= 11 is 7.70. The van der Waals surface area contributed by atoms with Gasteiger partial charge in [0.25, 0.3) is 0 Å². The van der Waals surface area contributed by atoms with Crippen LogP contribution in [0.15, 0.2) is 17.0 Å². The van der Waals surface area contributed by atoms with E-state index in [1.165, 1.54) is 18.7 Å². The molecule has 0 spiro atoms. The van der Waals surface area contributed by atoms with Gasteiger partial charge in [-0.3, -0.25) is 9.59 Å². The zero-order valence-corrected chi connectivity index (χ0v) is 19.5. The predicted molar refractivity (Wildman–Crippen MR) is 118 cm³/mol. The van der Waals surface area contributed by atoms with Crippen LogP contribution in [0.25, 0.3) is 0 Å². The summed E-state index contributed by atoms with van der Waals surface area (Å²) in [6.45, 7) is 7.30. The molecule has 1 aromatic rings. The van der Waals surface area contributed by atoms with Gasteiger partial charge in [-0.2, -0.15) is 0 Å². The Morgan fingerprint density at radius 3 is 2.59 bits per heavy atom. The number of ether oxygens (including phenoxy) is 3. The molecule has 0 aromatic heterocycles. The molecule has 0 aliphatic carbocycles. The summed E-state index contributed by atoms with van der Waals surface area (Å²) in [5, 5.41) is 0.401. The summed E-state index contributed by atoms with van der Waals surface area (Å²) in [5.74, 6) is 1.20. The van der Waals surface area contributed by atoms with Crippen molar-refractivity contribution in [2.45, 2.75) is 57.8 Å². The molecule has 1 atom stereocenters. The molecule has 0 amide bonds. The highest BCUT2D eigenvalue weighted by Gasteiger charge is 2.15. The Balaban J connectivity index is 2.64. The van der Waals surface area contributed by atoms with E-state index >= 15 is 0 Å². The molecule has 0 fully saturated rings. The zero-order chi connectivity index (χ0) is 21.6. The third-order valence-corrected chi connectivity index (χ3v) is 5.83. The van der Waals surface area contributed by atoms with E-state index in [-0.39, 0.29) is 18.2 Å². The van der Waals surface area contributed by atoms with Crippen LogP contribution in [0.1, 0.15) is 63.2 Å². The van der Waals surface area contributed by atoms with Crippen molar-refractivity contribution in [2.24, 2.45) is 5.92 Å². The largest absolute Gasteiger partial charge is 0.492 e. The molecule has 0 N–H and O–H groups in total. The molecule has 29 heavy (non-hydrogen) atoms. The van der Waals surface area contributed by atoms with E-state index in [9.17, 15) is 9.59 Å². The van der Waals surface area contributed by atoms with Gasteiger partial charge >= 0.3 is 5.97 Å². The average molecular weight is 445 g/mol. The Hall–Kier alpha value is -1.24. The van der Waals surface area contributed by atoms with Crippen LogP contribution >= 0.6 is 23.4 Å². The van der Waals surface area contributed by atoms with Crippen LogP contribution in [0.4, 0.5) is 0 Å². The van der Waals surface area contributed by atoms with Gasteiger partial charge in [0.05, 0.1) is 24.7 Å². The van der Waals surface area contributed by atoms with Crippen molar-refractivity contribution in [3.8, 4) is 5.75 Å². The van der Waals surface area contributed by atoms with Crippen LogP contribution in [-0.2, 0) is 14.3 Å². The molecule has 0 aliphatic rings. The predicted octanol–water partition coefficient (Wildman–Crippen LogP) is 5.81. The van der Waals surface area contributed by atoms with E-state index in [0.717, 1.165) is 30.6 Å². The fraction of sp³-hybridized carbons (Fsp3) is 0.636. The summed E-state index contributed by atoms with van der Waals surface area (Å²) in [6, 6.07) is 3.41. The highest BCUT2D eigenvalue weighted by Crippen LogP contribution is 2.34. The summed E-state index contributed by atoms with van der Waals surface area (Å²) in [6.07, 6.45) is 4.20. The van der Waals surface area contributed by atoms with Crippen molar-refractivity contribution >= 4 is 35.1 Å². The summed E-state index contributed by atoms with van der Waals surface area (Å²) in [5.41, 5.74) is 0.534. The van der Waals surface area contributed by atoms with E-state index in [2.05, 4.69) is 13.8 Å². The Morgan fingerprint density at radius 1 is 1.21 bits per heavy atom. The van der Waals surface area contributed by atoms with Gasteiger partial charge in [-0.05, 0) is 31.4 Å². The fourth-order valence-corrected chi connectivity index (χ4v) is 4.02. The van der Waals surface area contributed by atoms with E-state index in [1.807, 2.05) is 0 Å². The van der Waals surface area contributed by atoms with Gasteiger partial charge in [0.15, 0.2) is 5.78 Å². The minimum Gasteiger partial charge on any atom is -0.492 e. The second-order valence-corrected chi connectivity index (χ2v) is 8.42. The van der Waals surface area contributed by atoms with Crippen LogP contribution in [0.3, 0.4) is 0 Å². The number of carbonyl (C=O) groups excluding carboxylic acids is 2. The first-order valence-corrected chi connectivity index (χ1v) is 11.5. The average Bonchev–Trinajstić information content (AvgIpc) is 2.69. The molecular weight excluding hydrogens is 412 g/mol. The monoisotopic (exact) mass is 444 g/mol. The standard InChI is InChI=1S/C22H33ClO5S/c1-5-8-17(6-2)15-28-22(25)9-12-29-21-14-20(27-11-7-10-26-4)19(23)13-18(21)16(3)24/h13-14,17H,5-12,15H2,1-4H3. The first-order valence-electron chi connectivity index (χ1n) is 10.2. The SMILES string of the molecule is CCCC(CC)COC(=O)CCSc1cc(OCCCOC)c(Cl)cc1C(C)=O. The Labute approximate surface area is 183 Å². The molecule has 0 aliphatic heterocycles. The van der Waals surface area contributed by atoms with E-state index in [1.54, 1.807) is 19.2 Å². The van der Waals surface area contributed by atoms with Crippen molar-refractivity contribution in [3.63, 3.8) is 0 Å². The van der Waals surface area contributed by atoms with E-state index < -0.39 is 0 Å². The number of hydrogen-bond acceptors (Lipinski definition) is 6. The maximum atomic E-state index is 12.0. The summed E-state index contributed by atoms with van der Waals surface area (Å²) < 4.78 is 16.1. The number of esters is 1. The Kier molecular flexibility index (Phi) is 13.1. The number of benzene rings is 1. The lowest BCUT2D eigenvalue weighted by Crippen LogP contribution is -2.14. The Morgan fingerprint density at radius 2 is 1.97 bits per heavy atom. The quantitative estimate of drug-likeness (QED) is 0.147. The third-order valence-electron chi connectivity index (χ3n) is 4.48. The second kappa shape index (κ2) is 14.7. The van der Waals surface area contributed by atoms with Gasteiger partial charge in [-0.1, -0.05) is 38.3 Å². The number of Topliss-reactive ketones (excluding diaryl/α,β-unsaturated/α-hetero) is 1. The number of hydrogen-bond donors (Lipinski definition) is 0. The van der Waals surface area contributed by atoms with Crippen molar-refractivity contribution in [3.05, 3.63) is 22.7 Å². The normalized spacial score (nSPS) is 11.9. The van der Waals surface area contributed by atoms with Crippen molar-refractivity contribution in [1.82, 2.24) is 0 Å². The maximum Gasteiger partial charge on any atom is 0.306 e. The molecule has 1 rings (SSSR count). The minimum absolute atomic E-state index is 0.0757. The molecule has 1 aromatic carbocycles. The van der Waals surface area contributed by atoms with Gasteiger partial charge in [0, 0.05) is 36.3 Å².